The molecular formula is C22H27FN2O3S. The molecule has 0 radical (unpaired) electrons. The molecule has 0 saturated carbocycles. The van der Waals surface area contributed by atoms with E-state index in [1.807, 2.05) is 32.9 Å². The standard InChI is InChI=1S/C22H27FN2O3S/c1-15-12-16(2)22(17(3)13-15)24-21(26)14-19-6-4-5-11-25(19)29(27,28)20-9-7-18(23)8-10-20/h7-10,12-13,19H,4-6,11,14H2,1-3H3,(H,24,26). The largest absolute Gasteiger partial charge is 0.326 e. The van der Waals surface area contributed by atoms with E-state index in [1.165, 1.54) is 16.4 Å². The number of carbonyl (C=O) groups excluding carboxylic acids is 1. The highest BCUT2D eigenvalue weighted by molar-refractivity contribution is 7.89. The van der Waals surface area contributed by atoms with Crippen molar-refractivity contribution in [3.63, 3.8) is 0 Å². The van der Waals surface area contributed by atoms with Crippen LogP contribution in [-0.2, 0) is 14.8 Å². The second-order valence-electron chi connectivity index (χ2n) is 7.75. The van der Waals surface area contributed by atoms with Gasteiger partial charge >= 0.3 is 0 Å². The number of rotatable bonds is 5. The topological polar surface area (TPSA) is 66.5 Å². The number of halogens is 1. The molecule has 0 bridgehead atoms. The molecule has 0 aliphatic carbocycles. The molecule has 0 aromatic heterocycles. The Morgan fingerprint density at radius 1 is 1.10 bits per heavy atom. The zero-order valence-corrected chi connectivity index (χ0v) is 17.9. The average molecular weight is 419 g/mol. The number of hydrogen-bond acceptors (Lipinski definition) is 3. The van der Waals surface area contributed by atoms with E-state index in [0.717, 1.165) is 47.4 Å². The summed E-state index contributed by atoms with van der Waals surface area (Å²) in [4.78, 5) is 12.8. The molecule has 2 aromatic carbocycles. The van der Waals surface area contributed by atoms with Crippen molar-refractivity contribution in [2.45, 2.75) is 57.4 Å². The van der Waals surface area contributed by atoms with E-state index in [0.29, 0.717) is 13.0 Å². The summed E-state index contributed by atoms with van der Waals surface area (Å²) in [5.41, 5.74) is 3.87. The van der Waals surface area contributed by atoms with Crippen LogP contribution in [0, 0.1) is 26.6 Å². The zero-order chi connectivity index (χ0) is 21.2. The van der Waals surface area contributed by atoms with Crippen molar-refractivity contribution < 1.29 is 17.6 Å². The van der Waals surface area contributed by atoms with Gasteiger partial charge in [0.15, 0.2) is 0 Å². The molecule has 1 aliphatic heterocycles. The summed E-state index contributed by atoms with van der Waals surface area (Å²) in [5.74, 6) is -0.686. The van der Waals surface area contributed by atoms with E-state index < -0.39 is 21.9 Å². The molecule has 1 unspecified atom stereocenters. The summed E-state index contributed by atoms with van der Waals surface area (Å²) in [6.45, 7) is 6.26. The number of anilines is 1. The van der Waals surface area contributed by atoms with Crippen LogP contribution in [0.25, 0.3) is 0 Å². The second-order valence-corrected chi connectivity index (χ2v) is 9.64. The molecule has 29 heavy (non-hydrogen) atoms. The molecular weight excluding hydrogens is 391 g/mol. The van der Waals surface area contributed by atoms with Gasteiger partial charge < -0.3 is 5.32 Å². The first-order chi connectivity index (χ1) is 13.7. The van der Waals surface area contributed by atoms with Gasteiger partial charge in [-0.15, -0.1) is 0 Å². The SMILES string of the molecule is Cc1cc(C)c(NC(=O)CC2CCCCN2S(=O)(=O)c2ccc(F)cc2)c(C)c1. The summed E-state index contributed by atoms with van der Waals surface area (Å²) in [7, 11) is -3.78. The summed E-state index contributed by atoms with van der Waals surface area (Å²) < 4.78 is 40.7. The molecule has 2 aromatic rings. The number of sulfonamides is 1. The van der Waals surface area contributed by atoms with Gasteiger partial charge in [0.05, 0.1) is 4.90 Å². The molecule has 1 heterocycles. The summed E-state index contributed by atoms with van der Waals surface area (Å²) in [6, 6.07) is 8.43. The van der Waals surface area contributed by atoms with Gasteiger partial charge in [0.25, 0.3) is 0 Å². The lowest BCUT2D eigenvalue weighted by molar-refractivity contribution is -0.117. The molecule has 0 spiro atoms. The van der Waals surface area contributed by atoms with Crippen LogP contribution < -0.4 is 5.32 Å². The Kier molecular flexibility index (Phi) is 6.39. The minimum absolute atomic E-state index is 0.0523. The van der Waals surface area contributed by atoms with Gasteiger partial charge in [0.2, 0.25) is 15.9 Å². The third kappa shape index (κ3) is 4.85. The van der Waals surface area contributed by atoms with Crippen molar-refractivity contribution in [1.82, 2.24) is 4.31 Å². The van der Waals surface area contributed by atoms with Crippen molar-refractivity contribution in [3.05, 3.63) is 58.9 Å². The lowest BCUT2D eigenvalue weighted by Gasteiger charge is -2.34. The van der Waals surface area contributed by atoms with Crippen LogP contribution in [-0.4, -0.2) is 31.2 Å². The van der Waals surface area contributed by atoms with Crippen molar-refractivity contribution in [1.29, 1.82) is 0 Å². The highest BCUT2D eigenvalue weighted by Gasteiger charge is 2.34. The van der Waals surface area contributed by atoms with Crippen LogP contribution in [0.2, 0.25) is 0 Å². The van der Waals surface area contributed by atoms with Gasteiger partial charge in [-0.3, -0.25) is 4.79 Å². The number of carbonyl (C=O) groups is 1. The van der Waals surface area contributed by atoms with Crippen molar-refractivity contribution in [3.8, 4) is 0 Å². The lowest BCUT2D eigenvalue weighted by Crippen LogP contribution is -2.45. The van der Waals surface area contributed by atoms with E-state index in [4.69, 9.17) is 0 Å². The number of nitrogens with zero attached hydrogens (tertiary/aromatic N) is 1. The molecule has 1 N–H and O–H groups in total. The molecule has 1 aliphatic rings. The summed E-state index contributed by atoms with van der Waals surface area (Å²) >= 11 is 0. The Bertz CT molecular complexity index is 980. The Hall–Kier alpha value is -2.25. The number of aryl methyl sites for hydroxylation is 3. The predicted octanol–water partition coefficient (Wildman–Crippen LogP) is 4.32. The number of nitrogens with one attached hydrogen (secondary N) is 1. The van der Waals surface area contributed by atoms with E-state index in [2.05, 4.69) is 5.32 Å². The smallest absolute Gasteiger partial charge is 0.243 e. The Labute approximate surface area is 172 Å². The molecule has 3 rings (SSSR count). The highest BCUT2D eigenvalue weighted by Crippen LogP contribution is 2.28. The number of piperidine rings is 1. The molecule has 1 saturated heterocycles. The van der Waals surface area contributed by atoms with Gasteiger partial charge in [-0.1, -0.05) is 24.1 Å². The fourth-order valence-electron chi connectivity index (χ4n) is 4.02. The van der Waals surface area contributed by atoms with Crippen LogP contribution in [0.15, 0.2) is 41.3 Å². The predicted molar refractivity (Wildman–Crippen MR) is 112 cm³/mol. The van der Waals surface area contributed by atoms with E-state index in [9.17, 15) is 17.6 Å². The summed E-state index contributed by atoms with van der Waals surface area (Å²) in [6.07, 6.45) is 2.33. The Morgan fingerprint density at radius 2 is 1.72 bits per heavy atom. The maximum absolute atomic E-state index is 13.2. The number of amides is 1. The van der Waals surface area contributed by atoms with Gasteiger partial charge in [0, 0.05) is 24.7 Å². The first-order valence-corrected chi connectivity index (χ1v) is 11.3. The molecule has 1 atom stereocenters. The van der Waals surface area contributed by atoms with Gasteiger partial charge in [-0.05, 0) is 69.0 Å². The van der Waals surface area contributed by atoms with Gasteiger partial charge in [0.1, 0.15) is 5.82 Å². The van der Waals surface area contributed by atoms with Crippen LogP contribution in [0.4, 0.5) is 10.1 Å². The van der Waals surface area contributed by atoms with Gasteiger partial charge in [-0.25, -0.2) is 12.8 Å². The minimum Gasteiger partial charge on any atom is -0.326 e. The fourth-order valence-corrected chi connectivity index (χ4v) is 5.71. The molecule has 5 nitrogen and oxygen atoms in total. The van der Waals surface area contributed by atoms with Crippen LogP contribution in [0.3, 0.4) is 0 Å². The van der Waals surface area contributed by atoms with Crippen LogP contribution in [0.5, 0.6) is 0 Å². The first-order valence-electron chi connectivity index (χ1n) is 9.83. The van der Waals surface area contributed by atoms with Crippen molar-refractivity contribution in [2.75, 3.05) is 11.9 Å². The first kappa shape index (κ1) is 21.5. The summed E-state index contributed by atoms with van der Waals surface area (Å²) in [5, 5.41) is 2.96. The van der Waals surface area contributed by atoms with Crippen molar-refractivity contribution in [2.24, 2.45) is 0 Å². The number of benzene rings is 2. The lowest BCUT2D eigenvalue weighted by atomic mass is 10.0. The fraction of sp³-hybridized carbons (Fsp3) is 0.409. The third-order valence-corrected chi connectivity index (χ3v) is 7.32. The van der Waals surface area contributed by atoms with Crippen LogP contribution in [0.1, 0.15) is 42.4 Å². The third-order valence-electron chi connectivity index (χ3n) is 5.36. The Balaban J connectivity index is 1.78. The maximum Gasteiger partial charge on any atom is 0.243 e. The monoisotopic (exact) mass is 418 g/mol. The van der Waals surface area contributed by atoms with Gasteiger partial charge in [-0.2, -0.15) is 4.31 Å². The molecule has 7 heteroatoms. The Morgan fingerprint density at radius 3 is 2.34 bits per heavy atom. The van der Waals surface area contributed by atoms with Crippen LogP contribution >= 0.6 is 0 Å². The molecule has 1 fully saturated rings. The molecule has 1 amide bonds. The normalized spacial score (nSPS) is 17.9. The van der Waals surface area contributed by atoms with E-state index >= 15 is 0 Å². The average Bonchev–Trinajstić information content (AvgIpc) is 2.65. The highest BCUT2D eigenvalue weighted by atomic mass is 32.2. The van der Waals surface area contributed by atoms with E-state index in [-0.39, 0.29) is 17.2 Å². The maximum atomic E-state index is 13.2. The number of hydrogen-bond donors (Lipinski definition) is 1. The molecule has 156 valence electrons. The van der Waals surface area contributed by atoms with E-state index in [1.54, 1.807) is 0 Å². The quantitative estimate of drug-likeness (QED) is 0.786. The zero-order valence-electron chi connectivity index (χ0n) is 17.0. The van der Waals surface area contributed by atoms with Crippen molar-refractivity contribution >= 4 is 21.6 Å². The second kappa shape index (κ2) is 8.63. The minimum atomic E-state index is -3.78.